The van der Waals surface area contributed by atoms with E-state index >= 15 is 0 Å². The van der Waals surface area contributed by atoms with Crippen molar-refractivity contribution in [1.29, 1.82) is 0 Å². The summed E-state index contributed by atoms with van der Waals surface area (Å²) in [6, 6.07) is 21.0. The Morgan fingerprint density at radius 3 is 2.55 bits per heavy atom. The average molecular weight is 291 g/mol. The van der Waals surface area contributed by atoms with Crippen LogP contribution in [0.25, 0.3) is 0 Å². The van der Waals surface area contributed by atoms with E-state index in [1.807, 2.05) is 0 Å². The molecule has 1 saturated carbocycles. The van der Waals surface area contributed by atoms with Crippen molar-refractivity contribution in [2.24, 2.45) is 0 Å². The van der Waals surface area contributed by atoms with Crippen molar-refractivity contribution in [2.75, 3.05) is 6.54 Å². The van der Waals surface area contributed by atoms with Crippen LogP contribution in [0.4, 0.5) is 0 Å². The van der Waals surface area contributed by atoms with Gasteiger partial charge < -0.3 is 5.32 Å². The SMILES string of the molecule is c1ccc(CC2(CNC3CC3)CCCc3ccccc32)cc1. The predicted molar refractivity (Wildman–Crippen MR) is 92.2 cm³/mol. The Balaban J connectivity index is 1.69. The van der Waals surface area contributed by atoms with Crippen LogP contribution >= 0.6 is 0 Å². The van der Waals surface area contributed by atoms with Gasteiger partial charge in [0.2, 0.25) is 0 Å². The van der Waals surface area contributed by atoms with Gasteiger partial charge >= 0.3 is 0 Å². The van der Waals surface area contributed by atoms with Gasteiger partial charge in [0, 0.05) is 18.0 Å². The van der Waals surface area contributed by atoms with Crippen LogP contribution in [-0.2, 0) is 18.3 Å². The Kier molecular flexibility index (Phi) is 3.75. The van der Waals surface area contributed by atoms with Gasteiger partial charge in [-0.25, -0.2) is 0 Å². The lowest BCUT2D eigenvalue weighted by atomic mass is 9.66. The molecule has 0 saturated heterocycles. The van der Waals surface area contributed by atoms with Crippen molar-refractivity contribution in [3.8, 4) is 0 Å². The van der Waals surface area contributed by atoms with Crippen LogP contribution in [0.2, 0.25) is 0 Å². The molecule has 2 aliphatic carbocycles. The third kappa shape index (κ3) is 2.83. The summed E-state index contributed by atoms with van der Waals surface area (Å²) in [7, 11) is 0. The second kappa shape index (κ2) is 5.89. The number of hydrogen-bond donors (Lipinski definition) is 1. The van der Waals surface area contributed by atoms with E-state index in [0.29, 0.717) is 0 Å². The Morgan fingerprint density at radius 2 is 1.73 bits per heavy atom. The van der Waals surface area contributed by atoms with Gasteiger partial charge in [-0.15, -0.1) is 0 Å². The molecule has 2 aromatic rings. The van der Waals surface area contributed by atoms with E-state index in [1.54, 1.807) is 11.1 Å². The standard InChI is InChI=1S/C21H25N/c1-2-7-17(8-3-1)15-21(16-22-19-12-13-19)14-6-10-18-9-4-5-11-20(18)21/h1-5,7-9,11,19,22H,6,10,12-16H2. The van der Waals surface area contributed by atoms with Crippen LogP contribution in [0.1, 0.15) is 42.4 Å². The Bertz CT molecular complexity index is 629. The van der Waals surface area contributed by atoms with Crippen LogP contribution in [0.5, 0.6) is 0 Å². The van der Waals surface area contributed by atoms with Crippen LogP contribution in [0.15, 0.2) is 54.6 Å². The van der Waals surface area contributed by atoms with E-state index in [9.17, 15) is 0 Å². The monoisotopic (exact) mass is 291 g/mol. The van der Waals surface area contributed by atoms with E-state index < -0.39 is 0 Å². The maximum atomic E-state index is 3.83. The third-order valence-corrected chi connectivity index (χ3v) is 5.38. The fourth-order valence-corrected chi connectivity index (χ4v) is 4.05. The first-order valence-electron chi connectivity index (χ1n) is 8.71. The molecule has 0 spiro atoms. The fourth-order valence-electron chi connectivity index (χ4n) is 4.05. The minimum atomic E-state index is 0.277. The number of rotatable bonds is 5. The van der Waals surface area contributed by atoms with Gasteiger partial charge in [0.15, 0.2) is 0 Å². The topological polar surface area (TPSA) is 12.0 Å². The molecule has 114 valence electrons. The Labute approximate surface area is 133 Å². The fraction of sp³-hybridized carbons (Fsp3) is 0.429. The first kappa shape index (κ1) is 14.0. The molecule has 1 N–H and O–H groups in total. The molecule has 1 atom stereocenters. The summed E-state index contributed by atoms with van der Waals surface area (Å²) in [5, 5.41) is 3.83. The van der Waals surface area contributed by atoms with Gasteiger partial charge in [-0.3, -0.25) is 0 Å². The number of hydrogen-bond acceptors (Lipinski definition) is 1. The van der Waals surface area contributed by atoms with E-state index in [1.165, 1.54) is 37.7 Å². The molecule has 4 rings (SSSR count). The minimum Gasteiger partial charge on any atom is -0.313 e. The number of fused-ring (bicyclic) bond motifs is 1. The summed E-state index contributed by atoms with van der Waals surface area (Å²) in [4.78, 5) is 0. The quantitative estimate of drug-likeness (QED) is 0.868. The highest BCUT2D eigenvalue weighted by Crippen LogP contribution is 2.40. The maximum absolute atomic E-state index is 3.83. The smallest absolute Gasteiger partial charge is 0.0121 e. The lowest BCUT2D eigenvalue weighted by molar-refractivity contribution is 0.334. The van der Waals surface area contributed by atoms with Gasteiger partial charge in [0.25, 0.3) is 0 Å². The highest BCUT2D eigenvalue weighted by molar-refractivity contribution is 5.39. The largest absolute Gasteiger partial charge is 0.313 e. The summed E-state index contributed by atoms with van der Waals surface area (Å²) >= 11 is 0. The van der Waals surface area contributed by atoms with Gasteiger partial charge in [-0.05, 0) is 55.2 Å². The van der Waals surface area contributed by atoms with E-state index in [-0.39, 0.29) is 5.41 Å². The maximum Gasteiger partial charge on any atom is 0.0121 e. The number of aryl methyl sites for hydroxylation is 1. The molecule has 0 aromatic heterocycles. The van der Waals surface area contributed by atoms with E-state index in [2.05, 4.69) is 59.9 Å². The van der Waals surface area contributed by atoms with Gasteiger partial charge in [0.1, 0.15) is 0 Å². The molecule has 0 bridgehead atoms. The molecule has 2 aromatic carbocycles. The van der Waals surface area contributed by atoms with Crippen LogP contribution in [-0.4, -0.2) is 12.6 Å². The molecule has 0 radical (unpaired) electrons. The van der Waals surface area contributed by atoms with Crippen molar-refractivity contribution < 1.29 is 0 Å². The summed E-state index contributed by atoms with van der Waals surface area (Å²) < 4.78 is 0. The molecule has 1 fully saturated rings. The molecule has 0 heterocycles. The lowest BCUT2D eigenvalue weighted by Crippen LogP contribution is -2.43. The zero-order valence-electron chi connectivity index (χ0n) is 13.2. The van der Waals surface area contributed by atoms with Crippen LogP contribution in [0, 0.1) is 0 Å². The van der Waals surface area contributed by atoms with E-state index in [4.69, 9.17) is 0 Å². The summed E-state index contributed by atoms with van der Waals surface area (Å²) in [6.07, 6.45) is 7.75. The highest BCUT2D eigenvalue weighted by Gasteiger charge is 2.37. The van der Waals surface area contributed by atoms with Gasteiger partial charge in [0.05, 0.1) is 0 Å². The average Bonchev–Trinajstić information content (AvgIpc) is 3.39. The van der Waals surface area contributed by atoms with Crippen molar-refractivity contribution in [1.82, 2.24) is 5.32 Å². The summed E-state index contributed by atoms with van der Waals surface area (Å²) in [6.45, 7) is 1.13. The van der Waals surface area contributed by atoms with Crippen molar-refractivity contribution in [3.05, 3.63) is 71.3 Å². The normalized spacial score (nSPS) is 24.0. The summed E-state index contributed by atoms with van der Waals surface area (Å²) in [5.74, 6) is 0. The molecule has 1 nitrogen and oxygen atoms in total. The molecular weight excluding hydrogens is 266 g/mol. The zero-order chi connectivity index (χ0) is 14.8. The van der Waals surface area contributed by atoms with Crippen LogP contribution < -0.4 is 5.32 Å². The molecular formula is C21H25N. The molecule has 2 aliphatic rings. The lowest BCUT2D eigenvalue weighted by Gasteiger charge is -2.40. The van der Waals surface area contributed by atoms with Gasteiger partial charge in [-0.2, -0.15) is 0 Å². The van der Waals surface area contributed by atoms with E-state index in [0.717, 1.165) is 19.0 Å². The molecule has 1 heteroatoms. The van der Waals surface area contributed by atoms with Crippen molar-refractivity contribution in [2.45, 2.75) is 50.0 Å². The summed E-state index contributed by atoms with van der Waals surface area (Å²) in [5.41, 5.74) is 4.91. The predicted octanol–water partition coefficient (Wildman–Crippen LogP) is 4.26. The second-order valence-electron chi connectivity index (χ2n) is 7.11. The number of benzene rings is 2. The molecule has 0 aliphatic heterocycles. The van der Waals surface area contributed by atoms with Gasteiger partial charge in [-0.1, -0.05) is 54.6 Å². The minimum absolute atomic E-state index is 0.277. The molecule has 22 heavy (non-hydrogen) atoms. The second-order valence-corrected chi connectivity index (χ2v) is 7.11. The Morgan fingerprint density at radius 1 is 0.955 bits per heavy atom. The zero-order valence-corrected chi connectivity index (χ0v) is 13.2. The molecule has 0 amide bonds. The highest BCUT2D eigenvalue weighted by atomic mass is 15.0. The number of nitrogens with one attached hydrogen (secondary N) is 1. The first-order chi connectivity index (χ1) is 10.9. The first-order valence-corrected chi connectivity index (χ1v) is 8.71. The van der Waals surface area contributed by atoms with Crippen molar-refractivity contribution >= 4 is 0 Å². The molecule has 1 unspecified atom stereocenters. The van der Waals surface area contributed by atoms with Crippen molar-refractivity contribution in [3.63, 3.8) is 0 Å². The third-order valence-electron chi connectivity index (χ3n) is 5.38. The van der Waals surface area contributed by atoms with Crippen LogP contribution in [0.3, 0.4) is 0 Å². The Hall–Kier alpha value is -1.60.